The summed E-state index contributed by atoms with van der Waals surface area (Å²) in [7, 11) is 0. The van der Waals surface area contributed by atoms with Crippen molar-refractivity contribution in [2.75, 3.05) is 25.1 Å². The fourth-order valence-electron chi connectivity index (χ4n) is 3.09. The van der Waals surface area contributed by atoms with Crippen LogP contribution in [0.3, 0.4) is 0 Å². The number of amides is 1. The maximum Gasteiger partial charge on any atom is 0.325 e. The number of carboxylic acid groups (broad SMARTS) is 1. The second-order valence-electron chi connectivity index (χ2n) is 6.98. The lowest BCUT2D eigenvalue weighted by atomic mass is 9.95. The van der Waals surface area contributed by atoms with E-state index in [0.29, 0.717) is 25.3 Å². The first-order valence-corrected chi connectivity index (χ1v) is 10.2. The lowest BCUT2D eigenvalue weighted by Crippen LogP contribution is -2.49. The predicted octanol–water partition coefficient (Wildman–Crippen LogP) is 2.64. The summed E-state index contributed by atoms with van der Waals surface area (Å²) in [6.07, 6.45) is 0.436. The van der Waals surface area contributed by atoms with Crippen molar-refractivity contribution in [3.63, 3.8) is 0 Å². The molecule has 0 aliphatic carbocycles. The Hall–Kier alpha value is -3.39. The number of benzene rings is 2. The third-order valence-corrected chi connectivity index (χ3v) is 4.62. The van der Waals surface area contributed by atoms with Gasteiger partial charge >= 0.3 is 11.9 Å². The molecule has 8 heteroatoms. The van der Waals surface area contributed by atoms with Crippen molar-refractivity contribution < 1.29 is 24.2 Å². The largest absolute Gasteiger partial charge is 0.480 e. The summed E-state index contributed by atoms with van der Waals surface area (Å²) in [6, 6.07) is 17.6. The summed E-state index contributed by atoms with van der Waals surface area (Å²) >= 11 is 0. The van der Waals surface area contributed by atoms with Crippen LogP contribution in [-0.2, 0) is 19.1 Å². The van der Waals surface area contributed by atoms with E-state index in [-0.39, 0.29) is 5.97 Å². The number of anilines is 1. The molecule has 0 spiro atoms. The minimum Gasteiger partial charge on any atom is -0.480 e. The van der Waals surface area contributed by atoms with Gasteiger partial charge in [0.25, 0.3) is 5.91 Å². The highest BCUT2D eigenvalue weighted by atomic mass is 16.5. The van der Waals surface area contributed by atoms with Crippen molar-refractivity contribution in [3.8, 4) is 0 Å². The van der Waals surface area contributed by atoms with Gasteiger partial charge in [-0.2, -0.15) is 0 Å². The van der Waals surface area contributed by atoms with Gasteiger partial charge < -0.3 is 15.2 Å². The zero-order chi connectivity index (χ0) is 22.6. The molecule has 3 N–H and O–H groups in total. The van der Waals surface area contributed by atoms with Gasteiger partial charge in [0.1, 0.15) is 6.54 Å². The van der Waals surface area contributed by atoms with Crippen molar-refractivity contribution >= 4 is 23.5 Å². The first-order chi connectivity index (χ1) is 14.9. The number of rotatable bonds is 12. The molecule has 2 rings (SSSR count). The molecule has 166 valence electrons. The summed E-state index contributed by atoms with van der Waals surface area (Å²) in [5.74, 6) is -2.31. The molecule has 0 aliphatic rings. The van der Waals surface area contributed by atoms with E-state index in [1.807, 2.05) is 36.4 Å². The first-order valence-electron chi connectivity index (χ1n) is 10.2. The Morgan fingerprint density at radius 2 is 1.65 bits per heavy atom. The Balaban J connectivity index is 1.98. The molecule has 0 aliphatic heterocycles. The van der Waals surface area contributed by atoms with Crippen LogP contribution < -0.4 is 10.7 Å². The molecule has 0 radical (unpaired) electrons. The van der Waals surface area contributed by atoms with E-state index in [2.05, 4.69) is 10.7 Å². The molecule has 0 saturated carbocycles. The number of carbonyl (C=O) groups is 3. The SMILES string of the molecule is CCOC(=O)[C@@H](CCN[C@@H](C)C(=O)N(CC(=O)O)Nc1ccccc1)c1ccccc1. The summed E-state index contributed by atoms with van der Waals surface area (Å²) < 4.78 is 5.19. The van der Waals surface area contributed by atoms with Crippen molar-refractivity contribution in [1.29, 1.82) is 0 Å². The highest BCUT2D eigenvalue weighted by Crippen LogP contribution is 2.21. The third-order valence-electron chi connectivity index (χ3n) is 4.62. The molecular formula is C23H29N3O5. The number of carbonyl (C=O) groups excluding carboxylic acids is 2. The number of para-hydroxylation sites is 1. The molecule has 1 amide bonds. The number of aliphatic carboxylic acids is 1. The lowest BCUT2D eigenvalue weighted by Gasteiger charge is -2.26. The number of nitrogens with one attached hydrogen (secondary N) is 2. The van der Waals surface area contributed by atoms with Crippen LogP contribution in [0.15, 0.2) is 60.7 Å². The van der Waals surface area contributed by atoms with Crippen molar-refractivity contribution in [2.24, 2.45) is 0 Å². The van der Waals surface area contributed by atoms with Crippen LogP contribution in [0.2, 0.25) is 0 Å². The second kappa shape index (κ2) is 12.3. The number of esters is 1. The minimum atomic E-state index is -1.13. The highest BCUT2D eigenvalue weighted by molar-refractivity contribution is 5.86. The first kappa shape index (κ1) is 23.9. The van der Waals surface area contributed by atoms with Crippen molar-refractivity contribution in [2.45, 2.75) is 32.2 Å². The van der Waals surface area contributed by atoms with Gasteiger partial charge in [-0.15, -0.1) is 0 Å². The van der Waals surface area contributed by atoms with Crippen LogP contribution in [0.25, 0.3) is 0 Å². The maximum absolute atomic E-state index is 12.8. The van der Waals surface area contributed by atoms with E-state index in [1.54, 1.807) is 38.1 Å². The average molecular weight is 428 g/mol. The zero-order valence-corrected chi connectivity index (χ0v) is 17.8. The van der Waals surface area contributed by atoms with Crippen LogP contribution in [0.1, 0.15) is 31.7 Å². The monoisotopic (exact) mass is 427 g/mol. The molecule has 0 bridgehead atoms. The molecular weight excluding hydrogens is 398 g/mol. The summed E-state index contributed by atoms with van der Waals surface area (Å²) in [6.45, 7) is 3.59. The highest BCUT2D eigenvalue weighted by Gasteiger charge is 2.25. The van der Waals surface area contributed by atoms with Crippen LogP contribution in [0, 0.1) is 0 Å². The molecule has 0 heterocycles. The van der Waals surface area contributed by atoms with Gasteiger partial charge in [0.05, 0.1) is 24.3 Å². The van der Waals surface area contributed by atoms with Gasteiger partial charge in [-0.1, -0.05) is 48.5 Å². The molecule has 8 nitrogen and oxygen atoms in total. The van der Waals surface area contributed by atoms with Gasteiger partial charge in [-0.05, 0) is 44.5 Å². The van der Waals surface area contributed by atoms with E-state index in [9.17, 15) is 19.5 Å². The van der Waals surface area contributed by atoms with E-state index in [1.165, 1.54) is 0 Å². The fraction of sp³-hybridized carbons (Fsp3) is 0.348. The van der Waals surface area contributed by atoms with E-state index >= 15 is 0 Å². The van der Waals surface area contributed by atoms with Crippen LogP contribution in [0.4, 0.5) is 5.69 Å². The van der Waals surface area contributed by atoms with E-state index in [0.717, 1.165) is 10.6 Å². The van der Waals surface area contributed by atoms with Crippen LogP contribution in [0.5, 0.6) is 0 Å². The predicted molar refractivity (Wildman–Crippen MR) is 117 cm³/mol. The fourth-order valence-corrected chi connectivity index (χ4v) is 3.09. The molecule has 0 aromatic heterocycles. The zero-order valence-electron chi connectivity index (χ0n) is 17.8. The number of hydrogen-bond acceptors (Lipinski definition) is 6. The number of carboxylic acids is 1. The quantitative estimate of drug-likeness (QED) is 0.353. The Bertz CT molecular complexity index is 845. The third kappa shape index (κ3) is 7.75. The van der Waals surface area contributed by atoms with Crippen LogP contribution in [-0.4, -0.2) is 53.7 Å². The Morgan fingerprint density at radius 3 is 2.23 bits per heavy atom. The molecule has 2 aromatic carbocycles. The van der Waals surface area contributed by atoms with E-state index < -0.39 is 30.4 Å². The number of nitrogens with zero attached hydrogens (tertiary/aromatic N) is 1. The molecule has 2 aromatic rings. The number of hydrazine groups is 1. The molecule has 31 heavy (non-hydrogen) atoms. The molecule has 2 atom stereocenters. The number of ether oxygens (including phenoxy) is 1. The minimum absolute atomic E-state index is 0.291. The van der Waals surface area contributed by atoms with Gasteiger partial charge in [0.15, 0.2) is 0 Å². The normalized spacial score (nSPS) is 12.5. The molecule has 0 fully saturated rings. The van der Waals surface area contributed by atoms with Gasteiger partial charge in [-0.3, -0.25) is 19.8 Å². The topological polar surface area (TPSA) is 108 Å². The second-order valence-corrected chi connectivity index (χ2v) is 6.98. The maximum atomic E-state index is 12.8. The van der Waals surface area contributed by atoms with Gasteiger partial charge in [-0.25, -0.2) is 5.01 Å². The summed E-state index contributed by atoms with van der Waals surface area (Å²) in [4.78, 5) is 36.4. The van der Waals surface area contributed by atoms with Crippen molar-refractivity contribution in [3.05, 3.63) is 66.2 Å². The van der Waals surface area contributed by atoms with Crippen LogP contribution >= 0.6 is 0 Å². The lowest BCUT2D eigenvalue weighted by molar-refractivity contribution is -0.145. The average Bonchev–Trinajstić information content (AvgIpc) is 2.76. The summed E-state index contributed by atoms with van der Waals surface area (Å²) in [5.41, 5.74) is 4.29. The standard InChI is InChI=1S/C23H29N3O5/c1-3-31-23(30)20(18-10-6-4-7-11-18)14-15-24-17(2)22(29)26(16-21(27)28)25-19-12-8-5-9-13-19/h4-13,17,20,24-25H,3,14-16H2,1-2H3,(H,27,28)/t17-,20-/m0/s1. The van der Waals surface area contributed by atoms with E-state index in [4.69, 9.17) is 4.74 Å². The summed E-state index contributed by atoms with van der Waals surface area (Å²) in [5, 5.41) is 13.3. The molecule has 0 saturated heterocycles. The van der Waals surface area contributed by atoms with Gasteiger partial charge in [0.2, 0.25) is 0 Å². The van der Waals surface area contributed by atoms with Crippen molar-refractivity contribution in [1.82, 2.24) is 10.3 Å². The number of hydrogen-bond donors (Lipinski definition) is 3. The van der Waals surface area contributed by atoms with Gasteiger partial charge in [0, 0.05) is 0 Å². The Kier molecular flexibility index (Phi) is 9.51. The Labute approximate surface area is 182 Å². The Morgan fingerprint density at radius 1 is 1.03 bits per heavy atom. The molecule has 0 unspecified atom stereocenters. The smallest absolute Gasteiger partial charge is 0.325 e.